The third-order valence-corrected chi connectivity index (χ3v) is 4.96. The lowest BCUT2D eigenvalue weighted by Gasteiger charge is -2.41. The van der Waals surface area contributed by atoms with Crippen molar-refractivity contribution in [2.75, 3.05) is 32.9 Å². The number of hydrogen-bond donors (Lipinski definition) is 1. The van der Waals surface area contributed by atoms with Gasteiger partial charge in [0, 0.05) is 38.6 Å². The van der Waals surface area contributed by atoms with Crippen molar-refractivity contribution in [3.8, 4) is 0 Å². The zero-order valence-corrected chi connectivity index (χ0v) is 13.9. The zero-order chi connectivity index (χ0) is 16.4. The molecule has 0 aliphatic carbocycles. The van der Waals surface area contributed by atoms with Crippen LogP contribution in [0.2, 0.25) is 0 Å². The number of amides is 1. The van der Waals surface area contributed by atoms with Gasteiger partial charge in [-0.2, -0.15) is 5.10 Å². The molecule has 3 heterocycles. The van der Waals surface area contributed by atoms with Gasteiger partial charge in [-0.1, -0.05) is 0 Å². The molecule has 23 heavy (non-hydrogen) atoms. The van der Waals surface area contributed by atoms with Crippen molar-refractivity contribution in [1.29, 1.82) is 0 Å². The maximum Gasteiger partial charge on any atom is 0.239 e. The first-order chi connectivity index (χ1) is 11.0. The minimum atomic E-state index is -0.530. The van der Waals surface area contributed by atoms with Crippen LogP contribution in [0.1, 0.15) is 25.3 Å². The molecule has 3 rings (SSSR count). The first kappa shape index (κ1) is 16.4. The molecule has 7 nitrogen and oxygen atoms in total. The van der Waals surface area contributed by atoms with Crippen molar-refractivity contribution >= 4 is 5.91 Å². The van der Waals surface area contributed by atoms with E-state index in [1.54, 1.807) is 10.9 Å². The van der Waals surface area contributed by atoms with Gasteiger partial charge in [0.1, 0.15) is 5.60 Å². The van der Waals surface area contributed by atoms with Crippen molar-refractivity contribution in [1.82, 2.24) is 14.7 Å². The van der Waals surface area contributed by atoms with Crippen molar-refractivity contribution in [3.63, 3.8) is 0 Å². The molecule has 2 aliphatic heterocycles. The summed E-state index contributed by atoms with van der Waals surface area (Å²) in [5.74, 6) is 0.235. The van der Waals surface area contributed by atoms with Crippen LogP contribution in [0.25, 0.3) is 0 Å². The van der Waals surface area contributed by atoms with Crippen molar-refractivity contribution < 1.29 is 14.3 Å². The first-order valence-corrected chi connectivity index (χ1v) is 8.25. The van der Waals surface area contributed by atoms with E-state index in [2.05, 4.69) is 5.10 Å². The lowest BCUT2D eigenvalue weighted by Crippen LogP contribution is -2.56. The maximum atomic E-state index is 12.8. The van der Waals surface area contributed by atoms with Crippen molar-refractivity contribution in [3.05, 3.63) is 18.0 Å². The number of morpholine rings is 1. The molecule has 2 atom stereocenters. The Bertz CT molecular complexity index is 555. The van der Waals surface area contributed by atoms with E-state index in [4.69, 9.17) is 15.2 Å². The summed E-state index contributed by atoms with van der Waals surface area (Å²) in [4.78, 5) is 14.6. The van der Waals surface area contributed by atoms with Gasteiger partial charge in [0.25, 0.3) is 0 Å². The van der Waals surface area contributed by atoms with E-state index in [1.807, 2.05) is 25.1 Å². The summed E-state index contributed by atoms with van der Waals surface area (Å²) in [6.45, 7) is 5.01. The number of aryl methyl sites for hydroxylation is 1. The largest absolute Gasteiger partial charge is 0.381 e. The van der Waals surface area contributed by atoms with Gasteiger partial charge in [-0.15, -0.1) is 0 Å². The summed E-state index contributed by atoms with van der Waals surface area (Å²) < 4.78 is 13.1. The molecule has 0 aromatic carbocycles. The number of hydrogen-bond acceptors (Lipinski definition) is 5. The molecule has 1 aromatic rings. The molecule has 2 fully saturated rings. The van der Waals surface area contributed by atoms with Crippen LogP contribution in [0.3, 0.4) is 0 Å². The highest BCUT2D eigenvalue weighted by atomic mass is 16.5. The van der Waals surface area contributed by atoms with Crippen molar-refractivity contribution in [2.24, 2.45) is 18.7 Å². The van der Waals surface area contributed by atoms with Gasteiger partial charge in [0.15, 0.2) is 0 Å². The minimum Gasteiger partial charge on any atom is -0.381 e. The lowest BCUT2D eigenvalue weighted by atomic mass is 9.90. The Morgan fingerprint density at radius 2 is 2.17 bits per heavy atom. The fourth-order valence-corrected chi connectivity index (χ4v) is 3.41. The standard InChI is InChI=1S/C16H26N4O3/c1-16(13-9-18-19(2)10-13)11-20(5-8-23-16)15(21)14(17)12-3-6-22-7-4-12/h9-10,12,14H,3-8,11,17H2,1-2H3. The number of nitrogens with two attached hydrogens (primary N) is 1. The molecule has 0 radical (unpaired) electrons. The molecule has 2 saturated heterocycles. The topological polar surface area (TPSA) is 82.6 Å². The van der Waals surface area contributed by atoms with Crippen LogP contribution in [0, 0.1) is 5.92 Å². The van der Waals surface area contributed by atoms with Gasteiger partial charge in [-0.05, 0) is 25.7 Å². The highest BCUT2D eigenvalue weighted by Gasteiger charge is 2.39. The zero-order valence-electron chi connectivity index (χ0n) is 13.9. The van der Waals surface area contributed by atoms with E-state index in [9.17, 15) is 4.79 Å². The fraction of sp³-hybridized carbons (Fsp3) is 0.750. The normalized spacial score (nSPS) is 27.9. The van der Waals surface area contributed by atoms with Crippen LogP contribution in [0.4, 0.5) is 0 Å². The highest BCUT2D eigenvalue weighted by Crippen LogP contribution is 2.30. The Kier molecular flexibility index (Phi) is 4.70. The highest BCUT2D eigenvalue weighted by molar-refractivity contribution is 5.82. The second-order valence-electron chi connectivity index (χ2n) is 6.72. The van der Waals surface area contributed by atoms with Crippen molar-refractivity contribution in [2.45, 2.75) is 31.4 Å². The molecule has 2 N–H and O–H groups in total. The summed E-state index contributed by atoms with van der Waals surface area (Å²) in [7, 11) is 1.87. The fourth-order valence-electron chi connectivity index (χ4n) is 3.41. The Labute approximate surface area is 136 Å². The average molecular weight is 322 g/mol. The number of carbonyl (C=O) groups is 1. The molecule has 128 valence electrons. The van der Waals surface area contributed by atoms with E-state index in [0.29, 0.717) is 32.9 Å². The first-order valence-electron chi connectivity index (χ1n) is 8.25. The lowest BCUT2D eigenvalue weighted by molar-refractivity contribution is -0.152. The van der Waals surface area contributed by atoms with Crippen LogP contribution in [0.15, 0.2) is 12.4 Å². The van der Waals surface area contributed by atoms with E-state index in [1.165, 1.54) is 0 Å². The summed E-state index contributed by atoms with van der Waals surface area (Å²) in [5.41, 5.74) is 6.70. The summed E-state index contributed by atoms with van der Waals surface area (Å²) in [6.07, 6.45) is 5.45. The third kappa shape index (κ3) is 3.41. The summed E-state index contributed by atoms with van der Waals surface area (Å²) in [6, 6.07) is -0.449. The van der Waals surface area contributed by atoms with E-state index >= 15 is 0 Å². The molecule has 0 bridgehead atoms. The Balaban J connectivity index is 1.68. The SMILES string of the molecule is Cn1cc(C2(C)CN(C(=O)C(N)C3CCOCC3)CCO2)cn1. The number of carbonyl (C=O) groups excluding carboxylic acids is 1. The Morgan fingerprint density at radius 1 is 1.43 bits per heavy atom. The van der Waals surface area contributed by atoms with Gasteiger partial charge in [0.2, 0.25) is 5.91 Å². The molecule has 0 spiro atoms. The van der Waals surface area contributed by atoms with Crippen LogP contribution in [-0.2, 0) is 26.9 Å². The van der Waals surface area contributed by atoms with Gasteiger partial charge in [0.05, 0.1) is 25.4 Å². The van der Waals surface area contributed by atoms with Crippen LogP contribution in [0.5, 0.6) is 0 Å². The molecular weight excluding hydrogens is 296 g/mol. The molecule has 2 unspecified atom stereocenters. The van der Waals surface area contributed by atoms with Crippen LogP contribution in [-0.4, -0.2) is 59.5 Å². The Morgan fingerprint density at radius 3 is 2.83 bits per heavy atom. The van der Waals surface area contributed by atoms with Crippen LogP contribution >= 0.6 is 0 Å². The number of ether oxygens (including phenoxy) is 2. The quantitative estimate of drug-likeness (QED) is 0.862. The summed E-state index contributed by atoms with van der Waals surface area (Å²) in [5, 5.41) is 4.21. The predicted octanol–water partition coefficient (Wildman–Crippen LogP) is 0.248. The third-order valence-electron chi connectivity index (χ3n) is 4.96. The number of nitrogens with zero attached hydrogens (tertiary/aromatic N) is 3. The predicted molar refractivity (Wildman–Crippen MR) is 84.6 cm³/mol. The molecule has 0 saturated carbocycles. The molecule has 7 heteroatoms. The van der Waals surface area contributed by atoms with E-state index < -0.39 is 11.6 Å². The number of rotatable bonds is 3. The van der Waals surface area contributed by atoms with Gasteiger partial charge < -0.3 is 20.1 Å². The maximum absolute atomic E-state index is 12.8. The second-order valence-corrected chi connectivity index (χ2v) is 6.72. The Hall–Kier alpha value is -1.44. The second kappa shape index (κ2) is 6.59. The van der Waals surface area contributed by atoms with E-state index in [0.717, 1.165) is 18.4 Å². The smallest absolute Gasteiger partial charge is 0.239 e. The van der Waals surface area contributed by atoms with Gasteiger partial charge >= 0.3 is 0 Å². The molecule has 2 aliphatic rings. The monoisotopic (exact) mass is 322 g/mol. The van der Waals surface area contributed by atoms with Gasteiger partial charge in [-0.3, -0.25) is 9.48 Å². The molecule has 1 amide bonds. The molecule has 1 aromatic heterocycles. The minimum absolute atomic E-state index is 0.0234. The van der Waals surface area contributed by atoms with Crippen LogP contribution < -0.4 is 5.73 Å². The summed E-state index contributed by atoms with van der Waals surface area (Å²) >= 11 is 0. The molecular formula is C16H26N4O3. The average Bonchev–Trinajstić information content (AvgIpc) is 3.02. The van der Waals surface area contributed by atoms with Gasteiger partial charge in [-0.25, -0.2) is 0 Å². The van der Waals surface area contributed by atoms with E-state index in [-0.39, 0.29) is 11.8 Å². The number of aromatic nitrogens is 2.